The number of furan rings is 1. The molecule has 24 heavy (non-hydrogen) atoms. The van der Waals surface area contributed by atoms with E-state index in [1.165, 1.54) is 14.2 Å². The van der Waals surface area contributed by atoms with E-state index < -0.39 is 5.97 Å². The van der Waals surface area contributed by atoms with E-state index in [-0.39, 0.29) is 23.5 Å². The third-order valence-corrected chi connectivity index (χ3v) is 4.00. The van der Waals surface area contributed by atoms with Gasteiger partial charge in [0.1, 0.15) is 0 Å². The van der Waals surface area contributed by atoms with Gasteiger partial charge < -0.3 is 23.9 Å². The average molecular weight is 333 g/mol. The fourth-order valence-electron chi connectivity index (χ4n) is 2.81. The maximum absolute atomic E-state index is 12.5. The normalized spacial score (nSPS) is 17.0. The molecule has 1 aromatic carbocycles. The molecule has 2 aromatic rings. The van der Waals surface area contributed by atoms with Gasteiger partial charge in [0.25, 0.3) is 11.7 Å². The van der Waals surface area contributed by atoms with Crippen LogP contribution in [0.2, 0.25) is 0 Å². The van der Waals surface area contributed by atoms with E-state index in [0.717, 1.165) is 19.4 Å². The number of rotatable bonds is 5. The van der Waals surface area contributed by atoms with Gasteiger partial charge in [0, 0.05) is 13.2 Å². The first-order valence-electron chi connectivity index (χ1n) is 7.73. The second kappa shape index (κ2) is 6.92. The molecule has 1 unspecified atom stereocenters. The lowest BCUT2D eigenvalue weighted by Crippen LogP contribution is -2.31. The van der Waals surface area contributed by atoms with Crippen molar-refractivity contribution in [1.29, 1.82) is 0 Å². The summed E-state index contributed by atoms with van der Waals surface area (Å²) in [7, 11) is 2.69. The Bertz CT molecular complexity index is 760. The number of fused-ring (bicyclic) bond motifs is 1. The summed E-state index contributed by atoms with van der Waals surface area (Å²) in [6, 6.07) is 5.07. The van der Waals surface area contributed by atoms with Gasteiger partial charge in [-0.25, -0.2) is 4.79 Å². The van der Waals surface area contributed by atoms with Gasteiger partial charge in [0.15, 0.2) is 11.3 Å². The summed E-state index contributed by atoms with van der Waals surface area (Å²) in [5.41, 5.74) is 0.624. The second-order valence-electron chi connectivity index (χ2n) is 5.48. The molecule has 0 saturated carbocycles. The lowest BCUT2D eigenvalue weighted by atomic mass is 10.1. The quantitative estimate of drug-likeness (QED) is 0.844. The first-order valence-corrected chi connectivity index (χ1v) is 7.73. The highest BCUT2D eigenvalue weighted by Crippen LogP contribution is 2.35. The first kappa shape index (κ1) is 16.3. The lowest BCUT2D eigenvalue weighted by Gasteiger charge is -2.10. The van der Waals surface area contributed by atoms with Crippen LogP contribution in [-0.2, 0) is 9.47 Å². The molecule has 1 atom stereocenters. The zero-order chi connectivity index (χ0) is 17.1. The van der Waals surface area contributed by atoms with Crippen LogP contribution in [0, 0.1) is 0 Å². The monoisotopic (exact) mass is 333 g/mol. The lowest BCUT2D eigenvalue weighted by molar-refractivity contribution is 0.0562. The standard InChI is InChI=1S/C17H19NO6/c1-21-14-11-6-3-7-12(13(11)24-15(14)17(20)22-2)16(19)18-9-10-5-4-8-23-10/h3,6-7,10H,4-5,8-9H2,1-2H3,(H,18,19). The molecule has 7 nitrogen and oxygen atoms in total. The van der Waals surface area contributed by atoms with Crippen molar-refractivity contribution in [2.24, 2.45) is 0 Å². The topological polar surface area (TPSA) is 87.0 Å². The number of esters is 1. The van der Waals surface area contributed by atoms with Crippen molar-refractivity contribution < 1.29 is 28.2 Å². The predicted molar refractivity (Wildman–Crippen MR) is 85.4 cm³/mol. The molecule has 1 aromatic heterocycles. The van der Waals surface area contributed by atoms with Crippen LogP contribution < -0.4 is 10.1 Å². The van der Waals surface area contributed by atoms with Gasteiger partial charge in [-0.1, -0.05) is 6.07 Å². The summed E-state index contributed by atoms with van der Waals surface area (Å²) in [5, 5.41) is 3.39. The molecule has 1 N–H and O–H groups in total. The molecule has 2 heterocycles. The van der Waals surface area contributed by atoms with Crippen molar-refractivity contribution in [2.75, 3.05) is 27.4 Å². The summed E-state index contributed by atoms with van der Waals surface area (Å²) in [6.07, 6.45) is 1.99. The predicted octanol–water partition coefficient (Wildman–Crippen LogP) is 2.14. The molecule has 1 amide bonds. The summed E-state index contributed by atoms with van der Waals surface area (Å²) in [5.74, 6) is -0.752. The van der Waals surface area contributed by atoms with Gasteiger partial charge in [-0.15, -0.1) is 0 Å². The van der Waals surface area contributed by atoms with Gasteiger partial charge >= 0.3 is 5.97 Å². The van der Waals surface area contributed by atoms with Crippen molar-refractivity contribution in [1.82, 2.24) is 5.32 Å². The van der Waals surface area contributed by atoms with Crippen LogP contribution in [0.3, 0.4) is 0 Å². The number of carbonyl (C=O) groups is 2. The molecule has 3 rings (SSSR count). The van der Waals surface area contributed by atoms with E-state index in [1.54, 1.807) is 18.2 Å². The smallest absolute Gasteiger partial charge is 0.377 e. The van der Waals surface area contributed by atoms with Gasteiger partial charge in [-0.3, -0.25) is 4.79 Å². The number of ether oxygens (including phenoxy) is 3. The Hall–Kier alpha value is -2.54. The molecular weight excluding hydrogens is 314 g/mol. The largest absolute Gasteiger partial charge is 0.492 e. The van der Waals surface area contributed by atoms with E-state index in [4.69, 9.17) is 18.6 Å². The Morgan fingerprint density at radius 3 is 2.83 bits per heavy atom. The summed E-state index contributed by atoms with van der Waals surface area (Å²) in [6.45, 7) is 1.17. The zero-order valence-corrected chi connectivity index (χ0v) is 13.6. The molecule has 1 aliphatic rings. The molecule has 1 aliphatic heterocycles. The molecule has 0 spiro atoms. The molecule has 0 aliphatic carbocycles. The van der Waals surface area contributed by atoms with Crippen molar-refractivity contribution in [3.63, 3.8) is 0 Å². The summed E-state index contributed by atoms with van der Waals surface area (Å²) in [4.78, 5) is 24.3. The van der Waals surface area contributed by atoms with Gasteiger partial charge in [-0.2, -0.15) is 0 Å². The Kier molecular flexibility index (Phi) is 4.71. The van der Waals surface area contributed by atoms with Crippen LogP contribution in [0.15, 0.2) is 22.6 Å². The Labute approximate surface area is 138 Å². The van der Waals surface area contributed by atoms with Gasteiger partial charge in [0.05, 0.1) is 31.3 Å². The van der Waals surface area contributed by atoms with Crippen LogP contribution in [-0.4, -0.2) is 45.4 Å². The molecule has 7 heteroatoms. The van der Waals surface area contributed by atoms with E-state index in [2.05, 4.69) is 5.32 Å². The summed E-state index contributed by atoms with van der Waals surface area (Å²) >= 11 is 0. The van der Waals surface area contributed by atoms with Gasteiger partial charge in [0.2, 0.25) is 0 Å². The fourth-order valence-corrected chi connectivity index (χ4v) is 2.81. The third kappa shape index (κ3) is 2.94. The third-order valence-electron chi connectivity index (χ3n) is 4.00. The first-order chi connectivity index (χ1) is 11.7. The van der Waals surface area contributed by atoms with Crippen LogP contribution in [0.4, 0.5) is 0 Å². The van der Waals surface area contributed by atoms with Crippen molar-refractivity contribution in [3.8, 4) is 5.75 Å². The van der Waals surface area contributed by atoms with E-state index in [0.29, 0.717) is 23.1 Å². The molecule has 1 saturated heterocycles. The Morgan fingerprint density at radius 1 is 1.33 bits per heavy atom. The Morgan fingerprint density at radius 2 is 2.17 bits per heavy atom. The van der Waals surface area contributed by atoms with Crippen LogP contribution in [0.25, 0.3) is 11.0 Å². The minimum atomic E-state index is -0.659. The maximum Gasteiger partial charge on any atom is 0.377 e. The number of amides is 1. The molecular formula is C17H19NO6. The highest BCUT2D eigenvalue weighted by Gasteiger charge is 2.25. The highest BCUT2D eigenvalue weighted by atomic mass is 16.5. The molecule has 1 fully saturated rings. The minimum absolute atomic E-state index is 0.0462. The minimum Gasteiger partial charge on any atom is -0.492 e. The van der Waals surface area contributed by atoms with Crippen molar-refractivity contribution in [2.45, 2.75) is 18.9 Å². The number of nitrogens with one attached hydrogen (secondary N) is 1. The van der Waals surface area contributed by atoms with Crippen LogP contribution in [0.5, 0.6) is 5.75 Å². The molecule has 0 bridgehead atoms. The number of para-hydroxylation sites is 1. The number of hydrogen-bond acceptors (Lipinski definition) is 6. The number of methoxy groups -OCH3 is 2. The molecule has 128 valence electrons. The van der Waals surface area contributed by atoms with E-state index in [9.17, 15) is 9.59 Å². The average Bonchev–Trinajstić information content (AvgIpc) is 3.25. The maximum atomic E-state index is 12.5. The fraction of sp³-hybridized carbons (Fsp3) is 0.412. The number of benzene rings is 1. The van der Waals surface area contributed by atoms with Gasteiger partial charge in [-0.05, 0) is 25.0 Å². The highest BCUT2D eigenvalue weighted by molar-refractivity contribution is 6.08. The number of hydrogen-bond donors (Lipinski definition) is 1. The van der Waals surface area contributed by atoms with Crippen LogP contribution in [0.1, 0.15) is 33.8 Å². The van der Waals surface area contributed by atoms with Crippen molar-refractivity contribution in [3.05, 3.63) is 29.5 Å². The zero-order valence-electron chi connectivity index (χ0n) is 13.6. The SMILES string of the molecule is COC(=O)c1oc2c(C(=O)NCC3CCCO3)cccc2c1OC. The van der Waals surface area contributed by atoms with Crippen LogP contribution >= 0.6 is 0 Å². The van der Waals surface area contributed by atoms with E-state index >= 15 is 0 Å². The Balaban J connectivity index is 1.91. The van der Waals surface area contributed by atoms with E-state index in [1.807, 2.05) is 0 Å². The number of carbonyl (C=O) groups excluding carboxylic acids is 2. The molecule has 0 radical (unpaired) electrons. The summed E-state index contributed by atoms with van der Waals surface area (Å²) < 4.78 is 21.0. The van der Waals surface area contributed by atoms with Crippen molar-refractivity contribution >= 4 is 22.8 Å². The second-order valence-corrected chi connectivity index (χ2v) is 5.48.